The van der Waals surface area contributed by atoms with E-state index in [9.17, 15) is 0 Å². The Kier molecular flexibility index (Phi) is 11.4. The highest BCUT2D eigenvalue weighted by Gasteiger charge is 1.95. The molecule has 10 heavy (non-hydrogen) atoms. The van der Waals surface area contributed by atoms with Gasteiger partial charge in [0.05, 0.1) is 0 Å². The summed E-state index contributed by atoms with van der Waals surface area (Å²) in [6, 6.07) is 0. The molecule has 0 bridgehead atoms. The van der Waals surface area contributed by atoms with Crippen molar-refractivity contribution in [1.29, 1.82) is 0 Å². The zero-order chi connectivity index (χ0) is 8.08. The molecule has 0 aliphatic rings. The van der Waals surface area contributed by atoms with Crippen molar-refractivity contribution in [3.8, 4) is 0 Å². The van der Waals surface area contributed by atoms with Crippen molar-refractivity contribution in [1.82, 2.24) is 0 Å². The van der Waals surface area contributed by atoms with Gasteiger partial charge >= 0.3 is 0 Å². The van der Waals surface area contributed by atoms with Gasteiger partial charge in [0.1, 0.15) is 0 Å². The van der Waals surface area contributed by atoms with Gasteiger partial charge in [0.15, 0.2) is 0 Å². The summed E-state index contributed by atoms with van der Waals surface area (Å²) >= 11 is 0. The summed E-state index contributed by atoms with van der Waals surface area (Å²) in [7, 11) is 0. The molecular weight excluding hydrogens is 119 g/mol. The second-order valence-electron chi connectivity index (χ2n) is 4.21. The molecule has 0 nitrogen and oxygen atoms in total. The zero-order valence-corrected chi connectivity index (χ0v) is 7.71. The van der Waals surface area contributed by atoms with Crippen molar-refractivity contribution >= 4 is 8.41 Å². The first kappa shape index (κ1) is 16.4. The fourth-order valence-electron chi connectivity index (χ4n) is 0. The van der Waals surface area contributed by atoms with E-state index in [-0.39, 0.29) is 8.41 Å². The van der Waals surface area contributed by atoms with E-state index in [1.54, 1.807) is 0 Å². The predicted octanol–water partition coefficient (Wildman–Crippen LogP) is 2.18. The molecule has 0 aliphatic carbocycles. The van der Waals surface area contributed by atoms with E-state index in [1.807, 2.05) is 13.8 Å². The van der Waals surface area contributed by atoms with Gasteiger partial charge in [0, 0.05) is 0 Å². The quantitative estimate of drug-likeness (QED) is 0.360. The molecule has 64 valence electrons. The normalized spacial score (nSPS) is 8.60. The molecule has 0 heterocycles. The first-order valence-electron chi connectivity index (χ1n) is 3.35. The zero-order valence-electron chi connectivity index (χ0n) is 7.71. The standard InChI is InChI=1S/C5H12.C4H8.BH4/c1-5(2,3)4;1-4(2)3;/h1-4H3;1H2,2-3H3;1H4/q;;-1. The minimum atomic E-state index is 0. The average Bonchev–Trinajstić information content (AvgIpc) is 1.19. The summed E-state index contributed by atoms with van der Waals surface area (Å²) in [5, 5.41) is 0. The van der Waals surface area contributed by atoms with Gasteiger partial charge < -0.3 is 0 Å². The first-order chi connectivity index (χ1) is 3.73. The Labute approximate surface area is 68.3 Å². The molecule has 0 rings (SSSR count). The van der Waals surface area contributed by atoms with Crippen LogP contribution in [0.25, 0.3) is 0 Å². The Bertz CT molecular complexity index is 67.2. The molecule has 0 aromatic rings. The molecule has 0 saturated heterocycles. The third kappa shape index (κ3) is 9500. The lowest BCUT2D eigenvalue weighted by Crippen LogP contribution is -1.93. The van der Waals surface area contributed by atoms with Gasteiger partial charge in [0.2, 0.25) is 0 Å². The molecule has 0 aromatic carbocycles. The maximum absolute atomic E-state index is 3.56. The van der Waals surface area contributed by atoms with Gasteiger partial charge in [-0.25, -0.2) is 0 Å². The van der Waals surface area contributed by atoms with E-state index in [2.05, 4.69) is 34.3 Å². The van der Waals surface area contributed by atoms with E-state index in [0.29, 0.717) is 5.41 Å². The molecule has 1 heteroatoms. The van der Waals surface area contributed by atoms with Gasteiger partial charge in [-0.3, -0.25) is 0 Å². The minimum absolute atomic E-state index is 0. The van der Waals surface area contributed by atoms with Crippen molar-refractivity contribution in [2.75, 3.05) is 0 Å². The number of hydrogen-bond acceptors (Lipinski definition) is 0. The number of allylic oxidation sites excluding steroid dienone is 1. The number of rotatable bonds is 0. The molecule has 0 aliphatic heterocycles. The second kappa shape index (κ2) is 6.92. The highest BCUT2D eigenvalue weighted by Crippen LogP contribution is 2.07. The molecule has 0 unspecified atom stereocenters. The fourth-order valence-corrected chi connectivity index (χ4v) is 0. The maximum atomic E-state index is 3.56. The lowest BCUT2D eigenvalue weighted by Gasteiger charge is -2.05. The predicted molar refractivity (Wildman–Crippen MR) is 57.0 cm³/mol. The lowest BCUT2D eigenvalue weighted by molar-refractivity contribution is 0.469. The highest BCUT2D eigenvalue weighted by atomic mass is 14.0. The second-order valence-corrected chi connectivity index (χ2v) is 4.21. The maximum Gasteiger partial charge on any atom is -0.0411 e. The van der Waals surface area contributed by atoms with Crippen molar-refractivity contribution in [3.63, 3.8) is 0 Å². The van der Waals surface area contributed by atoms with Gasteiger partial charge in [-0.1, -0.05) is 41.7 Å². The molecule has 0 fully saturated rings. The van der Waals surface area contributed by atoms with Crippen LogP contribution in [0, 0.1) is 5.41 Å². The van der Waals surface area contributed by atoms with Crippen molar-refractivity contribution < 1.29 is 0 Å². The smallest absolute Gasteiger partial charge is 0.0411 e. The van der Waals surface area contributed by atoms with E-state index in [1.165, 1.54) is 5.57 Å². The molecule has 0 saturated carbocycles. The van der Waals surface area contributed by atoms with Crippen LogP contribution < -0.4 is 0 Å². The Balaban J connectivity index is -0.0000000910. The lowest BCUT2D eigenvalue weighted by atomic mass is 10.0. The van der Waals surface area contributed by atoms with Crippen LogP contribution in [0.2, 0.25) is 0 Å². The van der Waals surface area contributed by atoms with Crippen LogP contribution in [0.4, 0.5) is 0 Å². The van der Waals surface area contributed by atoms with Crippen LogP contribution in [0.1, 0.15) is 41.5 Å². The van der Waals surface area contributed by atoms with Crippen LogP contribution in [-0.2, 0) is 0 Å². The van der Waals surface area contributed by atoms with Crippen molar-refractivity contribution in [2.24, 2.45) is 5.41 Å². The van der Waals surface area contributed by atoms with E-state index in [4.69, 9.17) is 0 Å². The average molecular weight is 143 g/mol. The van der Waals surface area contributed by atoms with Crippen LogP contribution >= 0.6 is 0 Å². The summed E-state index contributed by atoms with van der Waals surface area (Å²) in [6.07, 6.45) is 0. The molecular formula is C9H24B-. The summed E-state index contributed by atoms with van der Waals surface area (Å²) in [5.41, 5.74) is 1.67. The molecule has 0 spiro atoms. The van der Waals surface area contributed by atoms with E-state index in [0.717, 1.165) is 0 Å². The molecule has 0 atom stereocenters. The third-order valence-electron chi connectivity index (χ3n) is 0. The van der Waals surface area contributed by atoms with Gasteiger partial charge in [-0.15, -0.1) is 6.58 Å². The Morgan fingerprint density at radius 1 is 1.00 bits per heavy atom. The minimum Gasteiger partial charge on any atom is -0.100 e. The summed E-state index contributed by atoms with van der Waals surface area (Å²) < 4.78 is 0. The fraction of sp³-hybridized carbons (Fsp3) is 0.778. The van der Waals surface area contributed by atoms with Gasteiger partial charge in [-0.2, -0.15) is 0 Å². The molecule has 0 aromatic heterocycles. The topological polar surface area (TPSA) is 0 Å². The van der Waals surface area contributed by atoms with E-state index < -0.39 is 0 Å². The Morgan fingerprint density at radius 3 is 1.00 bits per heavy atom. The molecule has 0 radical (unpaired) electrons. The van der Waals surface area contributed by atoms with E-state index >= 15 is 0 Å². The highest BCUT2D eigenvalue weighted by molar-refractivity contribution is 5.75. The monoisotopic (exact) mass is 143 g/mol. The van der Waals surface area contributed by atoms with Crippen LogP contribution in [-0.4, -0.2) is 8.41 Å². The summed E-state index contributed by atoms with van der Waals surface area (Å²) in [6.45, 7) is 16.2. The summed E-state index contributed by atoms with van der Waals surface area (Å²) in [5.74, 6) is 0. The van der Waals surface area contributed by atoms with Crippen molar-refractivity contribution in [3.05, 3.63) is 12.2 Å². The Hall–Kier alpha value is -0.195. The van der Waals surface area contributed by atoms with Gasteiger partial charge in [0.25, 0.3) is 0 Å². The van der Waals surface area contributed by atoms with Crippen LogP contribution in [0.5, 0.6) is 0 Å². The largest absolute Gasteiger partial charge is 0.100 e. The number of hydrogen-bond donors (Lipinski definition) is 0. The molecule has 0 N–H and O–H groups in total. The SMILES string of the molecule is C=C(C)C.CC(C)(C)C.[BH4-]. The molecule has 0 amide bonds. The summed E-state index contributed by atoms with van der Waals surface area (Å²) in [4.78, 5) is 0. The van der Waals surface area contributed by atoms with Gasteiger partial charge in [-0.05, 0) is 19.3 Å². The Morgan fingerprint density at radius 2 is 1.00 bits per heavy atom. The first-order valence-corrected chi connectivity index (χ1v) is 3.35. The third-order valence-corrected chi connectivity index (χ3v) is 0. The van der Waals surface area contributed by atoms with Crippen molar-refractivity contribution in [2.45, 2.75) is 41.5 Å². The van der Waals surface area contributed by atoms with Crippen LogP contribution in [0.3, 0.4) is 0 Å². The van der Waals surface area contributed by atoms with Crippen LogP contribution in [0.15, 0.2) is 12.2 Å².